The second-order valence-corrected chi connectivity index (χ2v) is 5.53. The highest BCUT2D eigenvalue weighted by atomic mass is 16.6. The maximum Gasteiger partial charge on any atom is 0.278 e. The summed E-state index contributed by atoms with van der Waals surface area (Å²) in [6.45, 7) is 3.16. The van der Waals surface area contributed by atoms with Crippen LogP contribution in [0.3, 0.4) is 0 Å². The molecule has 0 amide bonds. The lowest BCUT2D eigenvalue weighted by molar-refractivity contribution is -0.383. The summed E-state index contributed by atoms with van der Waals surface area (Å²) in [6, 6.07) is 6.06. The van der Waals surface area contributed by atoms with Crippen LogP contribution in [-0.4, -0.2) is 28.5 Å². The highest BCUT2D eigenvalue weighted by Gasteiger charge is 2.20. The molecule has 0 bridgehead atoms. The molecule has 21 heavy (non-hydrogen) atoms. The van der Waals surface area contributed by atoms with Crippen LogP contribution in [0, 0.1) is 10.1 Å². The maximum atomic E-state index is 11.1. The number of nitrogens with one attached hydrogen (secondary N) is 2. The van der Waals surface area contributed by atoms with Crippen LogP contribution in [0.4, 0.5) is 11.4 Å². The molecule has 1 aromatic heterocycles. The van der Waals surface area contributed by atoms with Gasteiger partial charge in [0.2, 0.25) is 0 Å². The third-order valence-electron chi connectivity index (χ3n) is 3.98. The smallest absolute Gasteiger partial charge is 0.278 e. The molecular formula is C15H18N4O2. The third kappa shape index (κ3) is 2.80. The fraction of sp³-hybridized carbons (Fsp3) is 0.400. The second kappa shape index (κ2) is 5.65. The summed E-state index contributed by atoms with van der Waals surface area (Å²) in [5.74, 6) is 0. The van der Waals surface area contributed by atoms with Crippen molar-refractivity contribution >= 4 is 22.1 Å². The van der Waals surface area contributed by atoms with Crippen molar-refractivity contribution in [2.75, 3.05) is 11.9 Å². The largest absolute Gasteiger partial charge is 0.382 e. The number of rotatable bonds is 3. The van der Waals surface area contributed by atoms with Gasteiger partial charge in [-0.2, -0.15) is 0 Å². The van der Waals surface area contributed by atoms with E-state index < -0.39 is 0 Å². The predicted molar refractivity (Wildman–Crippen MR) is 82.5 cm³/mol. The molecule has 2 N–H and O–H groups in total. The molecule has 2 unspecified atom stereocenters. The number of piperidine rings is 1. The van der Waals surface area contributed by atoms with E-state index in [9.17, 15) is 10.1 Å². The molecule has 0 radical (unpaired) electrons. The SMILES string of the molecule is CC1CC(Nc2ccc([N+](=O)[O-])c3cnccc23)CCN1. The number of anilines is 1. The number of nitro benzene ring substituents is 1. The molecular weight excluding hydrogens is 268 g/mol. The molecule has 1 saturated heterocycles. The molecule has 3 rings (SSSR count). The molecule has 110 valence electrons. The van der Waals surface area contributed by atoms with Gasteiger partial charge in [0.05, 0.1) is 10.3 Å². The topological polar surface area (TPSA) is 80.1 Å². The molecule has 1 aliphatic rings. The number of aromatic nitrogens is 1. The normalized spacial score (nSPS) is 22.1. The van der Waals surface area contributed by atoms with E-state index >= 15 is 0 Å². The van der Waals surface area contributed by atoms with Crippen molar-refractivity contribution < 1.29 is 4.92 Å². The van der Waals surface area contributed by atoms with Gasteiger partial charge in [-0.05, 0) is 38.4 Å². The Kier molecular flexibility index (Phi) is 3.70. The first-order valence-electron chi connectivity index (χ1n) is 7.16. The number of fused-ring (bicyclic) bond motifs is 1. The zero-order valence-electron chi connectivity index (χ0n) is 11.9. The summed E-state index contributed by atoms with van der Waals surface area (Å²) in [4.78, 5) is 14.8. The number of nitrogens with zero attached hydrogens (tertiary/aromatic N) is 2. The Morgan fingerprint density at radius 1 is 1.38 bits per heavy atom. The Morgan fingerprint density at radius 3 is 3.00 bits per heavy atom. The van der Waals surface area contributed by atoms with Crippen molar-refractivity contribution in [2.24, 2.45) is 0 Å². The Balaban J connectivity index is 1.96. The van der Waals surface area contributed by atoms with Crippen molar-refractivity contribution in [3.8, 4) is 0 Å². The fourth-order valence-electron chi connectivity index (χ4n) is 2.94. The van der Waals surface area contributed by atoms with Gasteiger partial charge in [0.25, 0.3) is 5.69 Å². The van der Waals surface area contributed by atoms with Gasteiger partial charge in [-0.15, -0.1) is 0 Å². The molecule has 0 aliphatic carbocycles. The van der Waals surface area contributed by atoms with Gasteiger partial charge >= 0.3 is 0 Å². The minimum atomic E-state index is -0.361. The first-order chi connectivity index (χ1) is 10.1. The lowest BCUT2D eigenvalue weighted by Gasteiger charge is -2.29. The summed E-state index contributed by atoms with van der Waals surface area (Å²) in [7, 11) is 0. The van der Waals surface area contributed by atoms with Crippen LogP contribution in [0.1, 0.15) is 19.8 Å². The second-order valence-electron chi connectivity index (χ2n) is 5.53. The minimum Gasteiger partial charge on any atom is -0.382 e. The summed E-state index contributed by atoms with van der Waals surface area (Å²) >= 11 is 0. The molecule has 6 nitrogen and oxygen atoms in total. The number of nitro groups is 1. The standard InChI is InChI=1S/C15H18N4O2/c1-10-8-11(4-7-17-10)18-14-2-3-15(19(20)21)13-9-16-6-5-12(13)14/h2-3,5-6,9-11,17-18H,4,7-8H2,1H3. The van der Waals surface area contributed by atoms with Crippen molar-refractivity contribution in [3.63, 3.8) is 0 Å². The Bertz CT molecular complexity index is 674. The average Bonchev–Trinajstić information content (AvgIpc) is 2.47. The van der Waals surface area contributed by atoms with Crippen LogP contribution in [0.25, 0.3) is 10.8 Å². The predicted octanol–water partition coefficient (Wildman–Crippen LogP) is 2.70. The molecule has 1 aliphatic heterocycles. The molecule has 0 spiro atoms. The summed E-state index contributed by atoms with van der Waals surface area (Å²) in [6.07, 6.45) is 5.32. The Labute approximate surface area is 122 Å². The number of hydrogen-bond donors (Lipinski definition) is 2. The molecule has 6 heteroatoms. The zero-order valence-corrected chi connectivity index (χ0v) is 11.9. The minimum absolute atomic E-state index is 0.0994. The van der Waals surface area contributed by atoms with Crippen LogP contribution >= 0.6 is 0 Å². The highest BCUT2D eigenvalue weighted by Crippen LogP contribution is 2.31. The Morgan fingerprint density at radius 2 is 2.24 bits per heavy atom. The van der Waals surface area contributed by atoms with E-state index in [4.69, 9.17) is 0 Å². The zero-order chi connectivity index (χ0) is 14.8. The quantitative estimate of drug-likeness (QED) is 0.670. The van der Waals surface area contributed by atoms with E-state index in [1.54, 1.807) is 24.5 Å². The van der Waals surface area contributed by atoms with E-state index in [1.807, 2.05) is 6.07 Å². The van der Waals surface area contributed by atoms with Gasteiger partial charge in [-0.25, -0.2) is 0 Å². The van der Waals surface area contributed by atoms with E-state index in [-0.39, 0.29) is 10.6 Å². The van der Waals surface area contributed by atoms with Crippen LogP contribution in [0.15, 0.2) is 30.6 Å². The summed E-state index contributed by atoms with van der Waals surface area (Å²) in [5, 5.41) is 19.5. The number of non-ortho nitro benzene ring substituents is 1. The number of pyridine rings is 1. The molecule has 2 aromatic rings. The van der Waals surface area contributed by atoms with Gasteiger partial charge < -0.3 is 10.6 Å². The summed E-state index contributed by atoms with van der Waals surface area (Å²) < 4.78 is 0. The van der Waals surface area contributed by atoms with Crippen molar-refractivity contribution in [1.82, 2.24) is 10.3 Å². The van der Waals surface area contributed by atoms with Gasteiger partial charge in [-0.1, -0.05) is 0 Å². The molecule has 1 aromatic carbocycles. The lowest BCUT2D eigenvalue weighted by atomic mass is 9.99. The van der Waals surface area contributed by atoms with Crippen molar-refractivity contribution in [2.45, 2.75) is 31.8 Å². The first-order valence-corrected chi connectivity index (χ1v) is 7.16. The molecule has 2 atom stereocenters. The van der Waals surface area contributed by atoms with Gasteiger partial charge in [0.1, 0.15) is 0 Å². The van der Waals surface area contributed by atoms with Gasteiger partial charge in [-0.3, -0.25) is 15.1 Å². The van der Waals surface area contributed by atoms with Gasteiger partial charge in [0.15, 0.2) is 0 Å². The van der Waals surface area contributed by atoms with Crippen LogP contribution in [-0.2, 0) is 0 Å². The summed E-state index contributed by atoms with van der Waals surface area (Å²) in [5.41, 5.74) is 1.04. The number of benzene rings is 1. The van der Waals surface area contributed by atoms with Gasteiger partial charge in [0, 0.05) is 41.6 Å². The van der Waals surface area contributed by atoms with E-state index in [2.05, 4.69) is 22.5 Å². The van der Waals surface area contributed by atoms with Crippen LogP contribution in [0.2, 0.25) is 0 Å². The van der Waals surface area contributed by atoms with Crippen molar-refractivity contribution in [3.05, 3.63) is 40.7 Å². The fourth-order valence-corrected chi connectivity index (χ4v) is 2.94. The van der Waals surface area contributed by atoms with E-state index in [1.165, 1.54) is 0 Å². The molecule has 2 heterocycles. The van der Waals surface area contributed by atoms with Crippen LogP contribution in [0.5, 0.6) is 0 Å². The first kappa shape index (κ1) is 13.8. The molecule has 1 fully saturated rings. The lowest BCUT2D eigenvalue weighted by Crippen LogP contribution is -2.41. The Hall–Kier alpha value is -2.21. The van der Waals surface area contributed by atoms with Crippen LogP contribution < -0.4 is 10.6 Å². The van der Waals surface area contributed by atoms with E-state index in [0.717, 1.165) is 30.5 Å². The van der Waals surface area contributed by atoms with E-state index in [0.29, 0.717) is 17.5 Å². The highest BCUT2D eigenvalue weighted by molar-refractivity contribution is 5.99. The third-order valence-corrected chi connectivity index (χ3v) is 3.98. The average molecular weight is 286 g/mol. The monoisotopic (exact) mass is 286 g/mol. The maximum absolute atomic E-state index is 11.1. The number of hydrogen-bond acceptors (Lipinski definition) is 5. The van der Waals surface area contributed by atoms with Crippen molar-refractivity contribution in [1.29, 1.82) is 0 Å². The molecule has 0 saturated carbocycles.